The Kier molecular flexibility index (Phi) is 4.42. The number of thiophene rings is 1. The average Bonchev–Trinajstić information content (AvgIpc) is 3.35. The third-order valence-electron chi connectivity index (χ3n) is 7.37. The number of pyridine rings is 2. The second-order valence-corrected chi connectivity index (χ2v) is 10.4. The third kappa shape index (κ3) is 3.05. The van der Waals surface area contributed by atoms with Crippen molar-refractivity contribution in [3.8, 4) is 55.9 Å². The molecule has 3 heterocycles. The summed E-state index contributed by atoms with van der Waals surface area (Å²) in [5.41, 5.74) is 11.3. The highest BCUT2D eigenvalue weighted by molar-refractivity contribution is 7.26. The Morgan fingerprint density at radius 3 is 1.84 bits per heavy atom. The molecule has 0 aliphatic heterocycles. The Bertz CT molecular complexity index is 1990. The number of fused-ring (bicyclic) bond motifs is 11. The van der Waals surface area contributed by atoms with Crippen molar-refractivity contribution in [2.75, 3.05) is 0 Å². The van der Waals surface area contributed by atoms with E-state index in [4.69, 9.17) is 9.97 Å². The van der Waals surface area contributed by atoms with E-state index in [0.29, 0.717) is 0 Å². The first-order valence-electron chi connectivity index (χ1n) is 12.4. The molecule has 0 atom stereocenters. The van der Waals surface area contributed by atoms with Crippen LogP contribution in [0.3, 0.4) is 0 Å². The first-order chi connectivity index (χ1) is 18.4. The van der Waals surface area contributed by atoms with Crippen LogP contribution in [-0.2, 0) is 0 Å². The van der Waals surface area contributed by atoms with Gasteiger partial charge in [0, 0.05) is 43.7 Å². The maximum Gasteiger partial charge on any atom is 0.0970 e. The van der Waals surface area contributed by atoms with E-state index in [1.165, 1.54) is 53.6 Å². The van der Waals surface area contributed by atoms with Crippen LogP contribution in [0.25, 0.3) is 76.1 Å². The molecule has 0 saturated heterocycles. The van der Waals surface area contributed by atoms with Crippen LogP contribution in [0.5, 0.6) is 0 Å². The van der Waals surface area contributed by atoms with Gasteiger partial charge in [-0.2, -0.15) is 0 Å². The van der Waals surface area contributed by atoms with Crippen molar-refractivity contribution in [3.05, 3.63) is 122 Å². The van der Waals surface area contributed by atoms with E-state index < -0.39 is 0 Å². The first-order valence-corrected chi connectivity index (χ1v) is 13.2. The lowest BCUT2D eigenvalue weighted by atomic mass is 9.83. The van der Waals surface area contributed by atoms with Gasteiger partial charge in [-0.25, -0.2) is 0 Å². The molecule has 1 aliphatic rings. The quantitative estimate of drug-likeness (QED) is 0.230. The van der Waals surface area contributed by atoms with E-state index in [1.807, 2.05) is 35.9 Å². The molecule has 4 aromatic carbocycles. The summed E-state index contributed by atoms with van der Waals surface area (Å²) < 4.78 is 2.65. The van der Waals surface area contributed by atoms with Gasteiger partial charge < -0.3 is 0 Å². The lowest BCUT2D eigenvalue weighted by Gasteiger charge is -2.22. The normalized spacial score (nSPS) is 11.8. The van der Waals surface area contributed by atoms with Gasteiger partial charge in [0.05, 0.1) is 11.4 Å². The van der Waals surface area contributed by atoms with Crippen LogP contribution < -0.4 is 0 Å². The highest BCUT2D eigenvalue weighted by Crippen LogP contribution is 2.48. The standard InChI is InChI=1S/C34H20N2S/c1-2-9-24-23(8-1)25-17-16-21(22-11-5-12-29-26-10-3-4-15-31(26)37-34(22)29)20-30(25)28-14-7-19-36-33(28)32-27(24)13-6-18-35-32/h1-20H. The van der Waals surface area contributed by atoms with Crippen molar-refractivity contribution in [3.63, 3.8) is 0 Å². The summed E-state index contributed by atoms with van der Waals surface area (Å²) in [6.45, 7) is 0. The molecule has 3 heteroatoms. The molecular formula is C34H20N2S. The minimum atomic E-state index is 0.922. The fraction of sp³-hybridized carbons (Fsp3) is 0. The second kappa shape index (κ2) is 7.95. The zero-order chi connectivity index (χ0) is 24.3. The molecule has 172 valence electrons. The van der Waals surface area contributed by atoms with Crippen LogP contribution in [0.1, 0.15) is 0 Å². The van der Waals surface area contributed by atoms with Gasteiger partial charge in [0.1, 0.15) is 0 Å². The van der Waals surface area contributed by atoms with Gasteiger partial charge >= 0.3 is 0 Å². The number of benzene rings is 4. The van der Waals surface area contributed by atoms with Crippen LogP contribution in [0.2, 0.25) is 0 Å². The Hall–Kier alpha value is -4.60. The van der Waals surface area contributed by atoms with Gasteiger partial charge in [-0.05, 0) is 57.6 Å². The van der Waals surface area contributed by atoms with Gasteiger partial charge in [0.25, 0.3) is 0 Å². The molecule has 0 N–H and O–H groups in total. The van der Waals surface area contributed by atoms with Crippen LogP contribution in [-0.4, -0.2) is 9.97 Å². The predicted octanol–water partition coefficient (Wildman–Crippen LogP) is 9.49. The maximum absolute atomic E-state index is 4.85. The smallest absolute Gasteiger partial charge is 0.0970 e. The number of aromatic nitrogens is 2. The molecule has 0 radical (unpaired) electrons. The van der Waals surface area contributed by atoms with E-state index in [1.54, 1.807) is 0 Å². The summed E-state index contributed by atoms with van der Waals surface area (Å²) in [6.07, 6.45) is 3.73. The Morgan fingerprint density at radius 2 is 1.03 bits per heavy atom. The molecule has 8 rings (SSSR count). The monoisotopic (exact) mass is 488 g/mol. The summed E-state index contributed by atoms with van der Waals surface area (Å²) in [7, 11) is 0. The highest BCUT2D eigenvalue weighted by atomic mass is 32.1. The number of nitrogens with zero attached hydrogens (tertiary/aromatic N) is 2. The second-order valence-electron chi connectivity index (χ2n) is 9.39. The molecule has 2 nitrogen and oxygen atoms in total. The SMILES string of the molecule is c1ccc2c(c1)-c1ccc(-c3cccc4c3sc3ccccc34)cc1-c1cccnc1-c1ncccc1-2. The van der Waals surface area contributed by atoms with Gasteiger partial charge in [0.15, 0.2) is 0 Å². The highest BCUT2D eigenvalue weighted by Gasteiger charge is 2.24. The van der Waals surface area contributed by atoms with E-state index in [-0.39, 0.29) is 0 Å². The summed E-state index contributed by atoms with van der Waals surface area (Å²) in [4.78, 5) is 9.67. The molecule has 0 saturated carbocycles. The maximum atomic E-state index is 4.85. The van der Waals surface area contributed by atoms with Crippen molar-refractivity contribution in [1.82, 2.24) is 9.97 Å². The van der Waals surface area contributed by atoms with Crippen molar-refractivity contribution in [2.24, 2.45) is 0 Å². The minimum Gasteiger partial charge on any atom is -0.254 e. The van der Waals surface area contributed by atoms with Crippen LogP contribution in [0.15, 0.2) is 122 Å². The van der Waals surface area contributed by atoms with Crippen molar-refractivity contribution in [1.29, 1.82) is 0 Å². The summed E-state index contributed by atoms with van der Waals surface area (Å²) in [5.74, 6) is 0. The lowest BCUT2D eigenvalue weighted by Crippen LogP contribution is -2.00. The Balaban J connectivity index is 1.45. The molecule has 1 aliphatic carbocycles. The van der Waals surface area contributed by atoms with Gasteiger partial charge in [-0.3, -0.25) is 9.97 Å². The Morgan fingerprint density at radius 1 is 0.432 bits per heavy atom. The zero-order valence-corrected chi connectivity index (χ0v) is 20.7. The first kappa shape index (κ1) is 20.6. The van der Waals surface area contributed by atoms with Gasteiger partial charge in [-0.1, -0.05) is 84.9 Å². The molecule has 0 bridgehead atoms. The fourth-order valence-electron chi connectivity index (χ4n) is 5.72. The molecule has 0 amide bonds. The molecule has 37 heavy (non-hydrogen) atoms. The molecule has 7 aromatic rings. The van der Waals surface area contributed by atoms with Gasteiger partial charge in [0.2, 0.25) is 0 Å². The molecule has 0 fully saturated rings. The lowest BCUT2D eigenvalue weighted by molar-refractivity contribution is 1.25. The number of hydrogen-bond donors (Lipinski definition) is 0. The largest absolute Gasteiger partial charge is 0.254 e. The van der Waals surface area contributed by atoms with Crippen molar-refractivity contribution in [2.45, 2.75) is 0 Å². The number of hydrogen-bond acceptors (Lipinski definition) is 3. The van der Waals surface area contributed by atoms with E-state index >= 15 is 0 Å². The van der Waals surface area contributed by atoms with E-state index in [9.17, 15) is 0 Å². The number of rotatable bonds is 1. The predicted molar refractivity (Wildman–Crippen MR) is 156 cm³/mol. The summed E-state index contributed by atoms with van der Waals surface area (Å²) >= 11 is 1.87. The Labute approximate surface area is 218 Å². The molecular weight excluding hydrogens is 468 g/mol. The van der Waals surface area contributed by atoms with Crippen LogP contribution in [0.4, 0.5) is 0 Å². The van der Waals surface area contributed by atoms with Crippen molar-refractivity contribution >= 4 is 31.5 Å². The van der Waals surface area contributed by atoms with Crippen LogP contribution >= 0.6 is 11.3 Å². The molecule has 0 unspecified atom stereocenters. The van der Waals surface area contributed by atoms with E-state index in [2.05, 4.69) is 97.1 Å². The van der Waals surface area contributed by atoms with E-state index in [0.717, 1.165) is 22.5 Å². The average molecular weight is 489 g/mol. The molecule has 0 spiro atoms. The molecule has 3 aromatic heterocycles. The minimum absolute atomic E-state index is 0.922. The summed E-state index contributed by atoms with van der Waals surface area (Å²) in [5, 5.41) is 2.64. The van der Waals surface area contributed by atoms with Crippen LogP contribution in [0, 0.1) is 0 Å². The third-order valence-corrected chi connectivity index (χ3v) is 8.59. The van der Waals surface area contributed by atoms with Gasteiger partial charge in [-0.15, -0.1) is 11.3 Å². The topological polar surface area (TPSA) is 25.8 Å². The summed E-state index contributed by atoms with van der Waals surface area (Å²) in [6, 6.07) is 39.3. The van der Waals surface area contributed by atoms with Crippen molar-refractivity contribution < 1.29 is 0 Å². The zero-order valence-electron chi connectivity index (χ0n) is 19.8. The fourth-order valence-corrected chi connectivity index (χ4v) is 6.96.